The smallest absolute Gasteiger partial charge is 0.228 e. The molecule has 5 nitrogen and oxygen atoms in total. The summed E-state index contributed by atoms with van der Waals surface area (Å²) in [4.78, 5) is 13.1. The molecule has 8 heteroatoms. The van der Waals surface area contributed by atoms with Crippen molar-refractivity contribution in [3.8, 4) is 0 Å². The zero-order valence-corrected chi connectivity index (χ0v) is 17.0. The van der Waals surface area contributed by atoms with E-state index >= 15 is 0 Å². The fraction of sp³-hybridized carbons (Fsp3) is 0.316. The van der Waals surface area contributed by atoms with Crippen molar-refractivity contribution in [3.63, 3.8) is 0 Å². The van der Waals surface area contributed by atoms with Crippen LogP contribution in [-0.2, 0) is 33.4 Å². The predicted molar refractivity (Wildman–Crippen MR) is 111 cm³/mol. The molecule has 0 aromatic heterocycles. The third-order valence-electron chi connectivity index (χ3n) is 4.30. The van der Waals surface area contributed by atoms with E-state index in [1.165, 1.54) is 0 Å². The van der Waals surface area contributed by atoms with Gasteiger partial charge in [-0.2, -0.15) is 0 Å². The first-order valence-electron chi connectivity index (χ1n) is 8.54. The SMILES string of the molecule is NSc1cc(NC(=O)Cc2ccccc2Cl)ccc1COC1CCS(=O)C1. The lowest BCUT2D eigenvalue weighted by Crippen LogP contribution is -2.15. The van der Waals surface area contributed by atoms with Gasteiger partial charge in [0.1, 0.15) is 0 Å². The number of benzene rings is 2. The monoisotopic (exact) mass is 424 g/mol. The van der Waals surface area contributed by atoms with Gasteiger partial charge in [-0.1, -0.05) is 35.9 Å². The Morgan fingerprint density at radius 2 is 2.11 bits per heavy atom. The van der Waals surface area contributed by atoms with Crippen molar-refractivity contribution in [3.05, 3.63) is 58.6 Å². The minimum Gasteiger partial charge on any atom is -0.373 e. The molecule has 1 fully saturated rings. The van der Waals surface area contributed by atoms with Gasteiger partial charge in [-0.3, -0.25) is 14.1 Å². The van der Waals surface area contributed by atoms with E-state index in [0.29, 0.717) is 28.8 Å². The third-order valence-corrected chi connectivity index (χ3v) is 6.74. The van der Waals surface area contributed by atoms with E-state index in [2.05, 4.69) is 5.32 Å². The van der Waals surface area contributed by atoms with Crippen LogP contribution in [0.25, 0.3) is 0 Å². The molecular weight excluding hydrogens is 404 g/mol. The van der Waals surface area contributed by atoms with E-state index in [-0.39, 0.29) is 18.4 Å². The van der Waals surface area contributed by atoms with E-state index in [4.69, 9.17) is 21.5 Å². The molecule has 0 aliphatic carbocycles. The van der Waals surface area contributed by atoms with Crippen LogP contribution >= 0.6 is 23.5 Å². The molecule has 2 atom stereocenters. The average Bonchev–Trinajstić information content (AvgIpc) is 3.07. The molecule has 2 unspecified atom stereocenters. The number of hydrogen-bond donors (Lipinski definition) is 2. The molecule has 1 heterocycles. The van der Waals surface area contributed by atoms with Gasteiger partial charge in [-0.05, 0) is 47.7 Å². The van der Waals surface area contributed by atoms with E-state index in [9.17, 15) is 9.00 Å². The molecule has 1 aliphatic heterocycles. The van der Waals surface area contributed by atoms with Crippen molar-refractivity contribution in [2.75, 3.05) is 16.8 Å². The average molecular weight is 425 g/mol. The molecular formula is C19H21ClN2O3S2. The van der Waals surface area contributed by atoms with Crippen LogP contribution in [0, 0.1) is 0 Å². The largest absolute Gasteiger partial charge is 0.373 e. The molecule has 2 aromatic carbocycles. The van der Waals surface area contributed by atoms with Crippen molar-refractivity contribution in [2.45, 2.75) is 30.4 Å². The molecule has 0 radical (unpaired) electrons. The summed E-state index contributed by atoms with van der Waals surface area (Å²) >= 11 is 7.22. The summed E-state index contributed by atoms with van der Waals surface area (Å²) in [6.45, 7) is 0.412. The standard InChI is InChI=1S/C19H21ClN2O3S2/c20-17-4-2-1-3-13(17)9-19(23)22-15-6-5-14(18(10-15)26-21)11-25-16-7-8-27(24)12-16/h1-6,10,16H,7-9,11-12,21H2,(H,22,23). The zero-order chi connectivity index (χ0) is 19.2. The van der Waals surface area contributed by atoms with E-state index in [1.807, 2.05) is 36.4 Å². The first-order valence-corrected chi connectivity index (χ1v) is 11.3. The Kier molecular flexibility index (Phi) is 7.32. The highest BCUT2D eigenvalue weighted by Crippen LogP contribution is 2.25. The summed E-state index contributed by atoms with van der Waals surface area (Å²) in [5, 5.41) is 9.23. The normalized spacial score (nSPS) is 19.2. The molecule has 1 amide bonds. The highest BCUT2D eigenvalue weighted by molar-refractivity contribution is 7.97. The summed E-state index contributed by atoms with van der Waals surface area (Å²) in [6.07, 6.45) is 1.07. The summed E-state index contributed by atoms with van der Waals surface area (Å²) in [5.41, 5.74) is 2.40. The van der Waals surface area contributed by atoms with Crippen molar-refractivity contribution >= 4 is 45.9 Å². The molecule has 3 N–H and O–H groups in total. The first-order chi connectivity index (χ1) is 13.0. The van der Waals surface area contributed by atoms with Gasteiger partial charge in [-0.15, -0.1) is 0 Å². The van der Waals surface area contributed by atoms with Crippen LogP contribution in [0.15, 0.2) is 47.4 Å². The van der Waals surface area contributed by atoms with E-state index < -0.39 is 10.8 Å². The Bertz CT molecular complexity index is 847. The maximum Gasteiger partial charge on any atom is 0.228 e. The Morgan fingerprint density at radius 3 is 2.81 bits per heavy atom. The number of nitrogens with two attached hydrogens (primary N) is 1. The van der Waals surface area contributed by atoms with Crippen LogP contribution in [0.1, 0.15) is 17.5 Å². The van der Waals surface area contributed by atoms with Crippen LogP contribution in [-0.4, -0.2) is 27.7 Å². The van der Waals surface area contributed by atoms with Crippen molar-refractivity contribution < 1.29 is 13.7 Å². The second-order valence-electron chi connectivity index (χ2n) is 6.29. The second kappa shape index (κ2) is 9.71. The predicted octanol–water partition coefficient (Wildman–Crippen LogP) is 3.52. The number of hydrogen-bond acceptors (Lipinski definition) is 5. The molecule has 144 valence electrons. The first kappa shape index (κ1) is 20.4. The van der Waals surface area contributed by atoms with Gasteiger partial charge in [0.05, 0.1) is 19.1 Å². The number of amides is 1. The van der Waals surface area contributed by atoms with E-state index in [0.717, 1.165) is 34.4 Å². The topological polar surface area (TPSA) is 81.4 Å². The van der Waals surface area contributed by atoms with Gasteiger partial charge in [0.2, 0.25) is 5.91 Å². The molecule has 0 bridgehead atoms. The minimum atomic E-state index is -0.759. The Hall–Kier alpha value is -1.38. The van der Waals surface area contributed by atoms with Gasteiger partial charge in [0.15, 0.2) is 0 Å². The van der Waals surface area contributed by atoms with Gasteiger partial charge < -0.3 is 10.1 Å². The molecule has 1 saturated heterocycles. The maximum atomic E-state index is 12.3. The lowest BCUT2D eigenvalue weighted by Gasteiger charge is -2.14. The lowest BCUT2D eigenvalue weighted by molar-refractivity contribution is -0.115. The highest BCUT2D eigenvalue weighted by atomic mass is 35.5. The van der Waals surface area contributed by atoms with Gasteiger partial charge in [0, 0.05) is 37.9 Å². The number of carbonyl (C=O) groups is 1. The number of nitrogens with one attached hydrogen (secondary N) is 1. The third kappa shape index (κ3) is 5.80. The molecule has 2 aromatic rings. The summed E-state index contributed by atoms with van der Waals surface area (Å²) in [7, 11) is -0.759. The Morgan fingerprint density at radius 1 is 1.30 bits per heavy atom. The number of ether oxygens (including phenoxy) is 1. The number of halogens is 1. The Balaban J connectivity index is 1.60. The molecule has 0 saturated carbocycles. The Labute approximate surface area is 170 Å². The van der Waals surface area contributed by atoms with Crippen LogP contribution < -0.4 is 10.5 Å². The summed E-state index contributed by atoms with van der Waals surface area (Å²) < 4.78 is 17.3. The van der Waals surface area contributed by atoms with E-state index in [1.54, 1.807) is 6.07 Å². The van der Waals surface area contributed by atoms with Gasteiger partial charge in [0.25, 0.3) is 0 Å². The van der Waals surface area contributed by atoms with Gasteiger partial charge >= 0.3 is 0 Å². The molecule has 3 rings (SSSR count). The number of anilines is 1. The number of rotatable bonds is 7. The van der Waals surface area contributed by atoms with Crippen molar-refractivity contribution in [1.29, 1.82) is 0 Å². The molecule has 1 aliphatic rings. The summed E-state index contributed by atoms with van der Waals surface area (Å²) in [6, 6.07) is 12.8. The number of carbonyl (C=O) groups excluding carboxylic acids is 1. The van der Waals surface area contributed by atoms with Crippen molar-refractivity contribution in [2.24, 2.45) is 5.14 Å². The van der Waals surface area contributed by atoms with Gasteiger partial charge in [-0.25, -0.2) is 0 Å². The quantitative estimate of drug-likeness (QED) is 0.664. The zero-order valence-electron chi connectivity index (χ0n) is 14.7. The van der Waals surface area contributed by atoms with Crippen molar-refractivity contribution in [1.82, 2.24) is 0 Å². The minimum absolute atomic E-state index is 0.0384. The maximum absolute atomic E-state index is 12.3. The van der Waals surface area contributed by atoms with Crippen LogP contribution in [0.4, 0.5) is 5.69 Å². The fourth-order valence-corrected chi connectivity index (χ4v) is 4.90. The van der Waals surface area contributed by atoms with Crippen LogP contribution in [0.3, 0.4) is 0 Å². The van der Waals surface area contributed by atoms with Crippen LogP contribution in [0.2, 0.25) is 5.02 Å². The highest BCUT2D eigenvalue weighted by Gasteiger charge is 2.22. The van der Waals surface area contributed by atoms with Crippen LogP contribution in [0.5, 0.6) is 0 Å². The lowest BCUT2D eigenvalue weighted by atomic mass is 10.1. The second-order valence-corrected chi connectivity index (χ2v) is 8.99. The molecule has 0 spiro atoms. The fourth-order valence-electron chi connectivity index (χ4n) is 2.86. The summed E-state index contributed by atoms with van der Waals surface area (Å²) in [5.74, 6) is 1.16. The molecule has 27 heavy (non-hydrogen) atoms.